The lowest BCUT2D eigenvalue weighted by Gasteiger charge is -2.54. The van der Waals surface area contributed by atoms with Crippen molar-refractivity contribution in [3.63, 3.8) is 0 Å². The Kier molecular flexibility index (Phi) is 20.6. The third-order valence-corrected chi connectivity index (χ3v) is 29.3. The molecule has 8 fully saturated rings. The van der Waals surface area contributed by atoms with E-state index in [-0.39, 0.29) is 28.2 Å². The Hall–Kier alpha value is -7.85. The molecule has 0 N–H and O–H groups in total. The van der Waals surface area contributed by atoms with Crippen molar-refractivity contribution in [1.29, 1.82) is 0 Å². The maximum absolute atomic E-state index is 8.67. The molecule has 10 unspecified atom stereocenters. The molecule has 4 bridgehead atoms. The van der Waals surface area contributed by atoms with Crippen LogP contribution in [0.1, 0.15) is 248 Å². The van der Waals surface area contributed by atoms with Gasteiger partial charge in [-0.15, -0.1) is 0 Å². The predicted octanol–water partition coefficient (Wildman–Crippen LogP) is 25.8. The average molecular weight is 1470 g/mol. The molecule has 5 aliphatic carbocycles. The molecule has 0 amide bonds. The highest BCUT2D eigenvalue weighted by molar-refractivity contribution is 6.09. The van der Waals surface area contributed by atoms with Crippen LogP contribution in [-0.4, -0.2) is 67.9 Å². The molecule has 5 aliphatic heterocycles. The maximum atomic E-state index is 8.67. The number of para-hydroxylation sites is 5. The third kappa shape index (κ3) is 13.7. The fraction of sp³-hybridized carbons (Fsp3) is 0.545. The van der Waals surface area contributed by atoms with Gasteiger partial charge in [0.1, 0.15) is 6.17 Å². The molecule has 10 nitrogen and oxygen atoms in total. The number of fused-ring (bicyclic) bond motifs is 6. The van der Waals surface area contributed by atoms with Crippen molar-refractivity contribution in [3.8, 4) is 0 Å². The molecule has 3 saturated heterocycles. The first kappa shape index (κ1) is 76.5. The van der Waals surface area contributed by atoms with Gasteiger partial charge in [0.05, 0.1) is 7.06 Å². The van der Waals surface area contributed by atoms with E-state index in [1.54, 1.807) is 18.8 Å². The molecular weight excluding hydrogens is 1330 g/mol. The van der Waals surface area contributed by atoms with E-state index in [1.807, 2.05) is 31.7 Å². The third-order valence-electron chi connectivity index (χ3n) is 29.3. The van der Waals surface area contributed by atoms with Gasteiger partial charge in [0.15, 0.2) is 17.2 Å². The molecule has 109 heavy (non-hydrogen) atoms. The van der Waals surface area contributed by atoms with Crippen LogP contribution in [0.4, 0.5) is 45.8 Å². The number of pyridine rings is 1. The molecule has 3 aromatic heterocycles. The lowest BCUT2D eigenvalue weighted by atomic mass is 9.51. The number of furan rings is 1. The molecule has 10 heteroatoms. The monoisotopic (exact) mass is 1470 g/mol. The minimum Gasteiger partial charge on any atom is -0.435 e. The number of aryl methyl sites for hydroxylation is 6. The van der Waals surface area contributed by atoms with Gasteiger partial charge in [-0.25, -0.2) is 15.0 Å². The van der Waals surface area contributed by atoms with Crippen molar-refractivity contribution in [2.45, 2.75) is 308 Å². The van der Waals surface area contributed by atoms with Crippen LogP contribution in [0.2, 0.25) is 0 Å². The second-order valence-corrected chi connectivity index (χ2v) is 38.7. The molecule has 19 rings (SSSR count). The van der Waals surface area contributed by atoms with Gasteiger partial charge < -0.3 is 28.9 Å². The van der Waals surface area contributed by atoms with E-state index in [0.29, 0.717) is 51.9 Å². The highest BCUT2D eigenvalue weighted by Crippen LogP contribution is 2.68. The first-order chi connectivity index (χ1) is 51.9. The first-order valence-electron chi connectivity index (χ1n) is 42.6. The van der Waals surface area contributed by atoms with Gasteiger partial charge in [0.2, 0.25) is 5.71 Å². The summed E-state index contributed by atoms with van der Waals surface area (Å²) in [5, 5.41) is 2.02. The van der Waals surface area contributed by atoms with Gasteiger partial charge in [-0.2, -0.15) is 0 Å². The normalized spacial score (nSPS) is 27.5. The SMILES string of the molecule is Cc1ccccc1N1C(C)C(C)(C)CC1(C)C.Cc1ccccc1N1C(C)C2(CC1(C)C)C1CCC3CC(C1)CC2C3.Cc1ccccc1N1C(C)C2(CCCCC2)CC1(C)C.Cc1ccccc1N1c2ccccc2C(C)(C)C1C.[2H]C(C)(C)N1c2nccnc2N(c2c(C)ccc3c2oc2nc(C)ccc23)C1C. The van der Waals surface area contributed by atoms with Crippen LogP contribution in [-0.2, 0) is 5.41 Å². The van der Waals surface area contributed by atoms with Crippen molar-refractivity contribution in [3.05, 3.63) is 197 Å². The summed E-state index contributed by atoms with van der Waals surface area (Å²) in [6.07, 6.45) is 23.6. The van der Waals surface area contributed by atoms with E-state index >= 15 is 0 Å². The lowest BCUT2D eigenvalue weighted by Crippen LogP contribution is -2.52. The van der Waals surface area contributed by atoms with Crippen molar-refractivity contribution < 1.29 is 5.79 Å². The van der Waals surface area contributed by atoms with Crippen molar-refractivity contribution in [1.82, 2.24) is 15.0 Å². The Morgan fingerprint density at radius 3 is 1.51 bits per heavy atom. The van der Waals surface area contributed by atoms with Crippen LogP contribution in [0.15, 0.2) is 162 Å². The topological polar surface area (TPSA) is 71.2 Å². The molecule has 580 valence electrons. The molecular formula is C99H133N9O. The Morgan fingerprint density at radius 1 is 0.450 bits per heavy atom. The van der Waals surface area contributed by atoms with Crippen LogP contribution in [0.25, 0.3) is 22.1 Å². The summed E-state index contributed by atoms with van der Waals surface area (Å²) in [7, 11) is 0. The number of aromatic nitrogens is 3. The first-order valence-corrected chi connectivity index (χ1v) is 42.1. The van der Waals surface area contributed by atoms with E-state index in [2.05, 4.69) is 317 Å². The Bertz CT molecular complexity index is 4790. The van der Waals surface area contributed by atoms with Gasteiger partial charge in [0, 0.05) is 110 Å². The van der Waals surface area contributed by atoms with Crippen LogP contribution in [0.5, 0.6) is 0 Å². The zero-order valence-corrected chi connectivity index (χ0v) is 71.0. The number of hydrogen-bond donors (Lipinski definition) is 0. The molecule has 2 spiro atoms. The van der Waals surface area contributed by atoms with Gasteiger partial charge in [0.25, 0.3) is 0 Å². The standard InChI is InChI=1S/C24H35N.C22H23N5O.C19H29N.C18H21N.C16H25N/c1-16-7-5-6-8-22(16)25-17(2)24(15-23(25,3)4)20-10-9-18-11-19(13-20)14-21(24)12-18;1-12(2)26-15(5)27(21-20(26)23-10-11-24-21)18-13(3)6-8-16-17-9-7-14(4)25-22(17)28-19(16)18;1-15-10-6-7-11-17(15)20-16(2)19(14-18(20,3)4)12-8-5-9-13-19;1-13-9-5-7-11-16(13)19-14(2)18(3,4)15-10-6-8-12-17(15)19;1-12-9-7-8-10-14(12)17-13(2)15(3,4)11-16(17,5)6/h5-8,17-21H,9-15H2,1-4H3;6-12,15H,1-5H3;6-7,10-11,16H,5,8-9,12-14H2,1-4H3;5-12,14H,1-4H3;7-10,13H,11H2,1-6H3/i;12D;;;. The summed E-state index contributed by atoms with van der Waals surface area (Å²) in [6.45, 7) is 52.7. The van der Waals surface area contributed by atoms with Crippen LogP contribution in [0, 0.1) is 81.5 Å². The largest absolute Gasteiger partial charge is 0.435 e. The van der Waals surface area contributed by atoms with Gasteiger partial charge in [-0.05, 0) is 312 Å². The maximum Gasteiger partial charge on any atom is 0.227 e. The van der Waals surface area contributed by atoms with E-state index in [1.165, 1.54) is 140 Å². The summed E-state index contributed by atoms with van der Waals surface area (Å²) >= 11 is 0. The zero-order valence-electron chi connectivity index (χ0n) is 72.0. The minimum atomic E-state index is -0.854. The zero-order chi connectivity index (χ0) is 78.7. The fourth-order valence-corrected chi connectivity index (χ4v) is 24.4. The fourth-order valence-electron chi connectivity index (χ4n) is 24.4. The van der Waals surface area contributed by atoms with Crippen LogP contribution < -0.4 is 29.4 Å². The van der Waals surface area contributed by atoms with Crippen molar-refractivity contribution in [2.75, 3.05) is 29.4 Å². The van der Waals surface area contributed by atoms with Crippen LogP contribution in [0.3, 0.4) is 0 Å². The second-order valence-electron chi connectivity index (χ2n) is 38.7. The predicted molar refractivity (Wildman–Crippen MR) is 463 cm³/mol. The van der Waals surface area contributed by atoms with Crippen molar-refractivity contribution >= 4 is 67.8 Å². The van der Waals surface area contributed by atoms with Gasteiger partial charge in [-0.3, -0.25) is 4.90 Å². The Balaban J connectivity index is 0.000000116. The smallest absolute Gasteiger partial charge is 0.227 e. The van der Waals surface area contributed by atoms with Crippen LogP contribution >= 0.6 is 0 Å². The van der Waals surface area contributed by atoms with E-state index in [4.69, 9.17) is 5.79 Å². The highest BCUT2D eigenvalue weighted by Gasteiger charge is 2.65. The number of benzene rings is 6. The minimum absolute atomic E-state index is 0.146. The van der Waals surface area contributed by atoms with E-state index in [9.17, 15) is 0 Å². The molecule has 9 aromatic rings. The van der Waals surface area contributed by atoms with Gasteiger partial charge >= 0.3 is 0 Å². The van der Waals surface area contributed by atoms with E-state index in [0.717, 1.165) is 62.8 Å². The van der Waals surface area contributed by atoms with Gasteiger partial charge in [-0.1, -0.05) is 157 Å². The summed E-state index contributed by atoms with van der Waals surface area (Å²) in [4.78, 5) is 28.5. The van der Waals surface area contributed by atoms with Crippen molar-refractivity contribution in [2.24, 2.45) is 39.9 Å². The quantitative estimate of drug-likeness (QED) is 0.161. The average Bonchev–Trinajstić information content (AvgIpc) is 1.53. The molecule has 5 saturated carbocycles. The molecule has 0 radical (unpaired) electrons. The number of anilines is 8. The number of hydrogen-bond acceptors (Lipinski definition) is 10. The highest BCUT2D eigenvalue weighted by atomic mass is 16.3. The molecule has 10 aliphatic rings. The Morgan fingerprint density at radius 2 is 0.945 bits per heavy atom. The Labute approximate surface area is 658 Å². The summed E-state index contributed by atoms with van der Waals surface area (Å²) < 4.78 is 14.9. The second kappa shape index (κ2) is 29.4. The molecule has 8 heterocycles. The molecule has 10 atom stereocenters. The lowest BCUT2D eigenvalue weighted by molar-refractivity contribution is -0.0331. The number of nitrogens with zero attached hydrogens (tertiary/aromatic N) is 9. The summed E-state index contributed by atoms with van der Waals surface area (Å²) in [5.74, 6) is 5.52. The van der Waals surface area contributed by atoms with E-state index < -0.39 is 6.02 Å². The number of rotatable bonds is 6. The summed E-state index contributed by atoms with van der Waals surface area (Å²) in [6, 6.07) is 54.0. The molecule has 6 aromatic carbocycles. The summed E-state index contributed by atoms with van der Waals surface area (Å²) in [5.41, 5.74) is 20.9.